The maximum Gasteiger partial charge on any atom is 0.182 e. The minimum Gasteiger partial charge on any atom is -0.489 e. The molecule has 0 aliphatic heterocycles. The van der Waals surface area contributed by atoms with Gasteiger partial charge in [-0.25, -0.2) is 14.5 Å². The van der Waals surface area contributed by atoms with E-state index in [2.05, 4.69) is 51.2 Å². The van der Waals surface area contributed by atoms with Gasteiger partial charge in [0.15, 0.2) is 17.1 Å². The second-order valence-corrected chi connectivity index (χ2v) is 6.83. The number of rotatable bonds is 4. The third-order valence-electron chi connectivity index (χ3n) is 4.72. The summed E-state index contributed by atoms with van der Waals surface area (Å²) in [5.41, 5.74) is 5.84. The van der Waals surface area contributed by atoms with E-state index < -0.39 is 0 Å². The van der Waals surface area contributed by atoms with Gasteiger partial charge in [0, 0.05) is 5.56 Å². The molecule has 0 saturated carbocycles. The van der Waals surface area contributed by atoms with Gasteiger partial charge in [-0.3, -0.25) is 5.10 Å². The minimum absolute atomic E-state index is 0.516. The predicted octanol–water partition coefficient (Wildman–Crippen LogP) is 3.86. The summed E-state index contributed by atoms with van der Waals surface area (Å²) in [6, 6.07) is 14.3. The fourth-order valence-corrected chi connectivity index (χ4v) is 3.24. The summed E-state index contributed by atoms with van der Waals surface area (Å²) in [6.07, 6.45) is 3.35. The molecule has 0 radical (unpaired) electrons. The van der Waals surface area contributed by atoms with Crippen molar-refractivity contribution in [1.82, 2.24) is 29.8 Å². The molecule has 7 nitrogen and oxygen atoms in total. The number of aryl methyl sites for hydroxylation is 2. The quantitative estimate of drug-likeness (QED) is 0.519. The molecule has 0 spiro atoms. The number of ether oxygens (including phenoxy) is 1. The van der Waals surface area contributed by atoms with Crippen LogP contribution in [-0.4, -0.2) is 29.8 Å². The lowest BCUT2D eigenvalue weighted by molar-refractivity contribution is 0.304. The molecule has 0 aliphatic rings. The molecule has 0 bridgehead atoms. The molecule has 5 rings (SSSR count). The van der Waals surface area contributed by atoms with Crippen molar-refractivity contribution < 1.29 is 4.74 Å². The third-order valence-corrected chi connectivity index (χ3v) is 4.72. The second-order valence-electron chi connectivity index (χ2n) is 6.83. The number of nitrogens with zero attached hydrogens (tertiary/aromatic N) is 5. The van der Waals surface area contributed by atoms with E-state index in [-0.39, 0.29) is 0 Å². The van der Waals surface area contributed by atoms with Gasteiger partial charge < -0.3 is 4.74 Å². The van der Waals surface area contributed by atoms with Gasteiger partial charge >= 0.3 is 0 Å². The SMILES string of the molecule is Cc1ccc(OCc2ccc(-c3nc4c5cn[nH]c5ncn4n3)cc2)c(C)c1. The molecule has 0 saturated heterocycles. The molecule has 0 unspecified atom stereocenters. The lowest BCUT2D eigenvalue weighted by atomic mass is 10.1. The van der Waals surface area contributed by atoms with Crippen LogP contribution >= 0.6 is 0 Å². The van der Waals surface area contributed by atoms with E-state index in [1.807, 2.05) is 30.3 Å². The Labute approximate surface area is 161 Å². The Hall–Kier alpha value is -3.74. The standard InChI is InChI=1S/C21H18N6O/c1-13-3-8-18(14(2)9-13)28-11-15-4-6-16(7-5-15)19-24-21-17-10-23-25-20(17)22-12-27(21)26-19/h3-10,12H,11H2,1-2H3,(H,23,25). The normalized spacial score (nSPS) is 11.4. The molecule has 3 heterocycles. The molecule has 1 N–H and O–H groups in total. The van der Waals surface area contributed by atoms with Crippen molar-refractivity contribution in [2.45, 2.75) is 20.5 Å². The summed E-state index contributed by atoms with van der Waals surface area (Å²) in [4.78, 5) is 8.93. The molecule has 5 aromatic rings. The smallest absolute Gasteiger partial charge is 0.182 e. The van der Waals surface area contributed by atoms with Crippen LogP contribution in [0, 0.1) is 13.8 Å². The average Bonchev–Trinajstić information content (AvgIpc) is 3.34. The molecule has 0 atom stereocenters. The first kappa shape index (κ1) is 16.4. The number of fused-ring (bicyclic) bond motifs is 3. The molecular formula is C21H18N6O. The highest BCUT2D eigenvalue weighted by molar-refractivity contribution is 5.88. The highest BCUT2D eigenvalue weighted by atomic mass is 16.5. The van der Waals surface area contributed by atoms with Crippen molar-refractivity contribution in [2.24, 2.45) is 0 Å². The summed E-state index contributed by atoms with van der Waals surface area (Å²) in [7, 11) is 0. The maximum atomic E-state index is 5.96. The number of aromatic nitrogens is 6. The first-order valence-electron chi connectivity index (χ1n) is 9.01. The summed E-state index contributed by atoms with van der Waals surface area (Å²) >= 11 is 0. The van der Waals surface area contributed by atoms with Crippen LogP contribution in [0.15, 0.2) is 55.0 Å². The van der Waals surface area contributed by atoms with Crippen LogP contribution in [-0.2, 0) is 6.61 Å². The fraction of sp³-hybridized carbons (Fsp3) is 0.143. The first-order valence-corrected chi connectivity index (χ1v) is 9.01. The van der Waals surface area contributed by atoms with Crippen LogP contribution < -0.4 is 4.74 Å². The van der Waals surface area contributed by atoms with Gasteiger partial charge in [-0.1, -0.05) is 42.0 Å². The monoisotopic (exact) mass is 370 g/mol. The zero-order valence-corrected chi connectivity index (χ0v) is 15.5. The van der Waals surface area contributed by atoms with E-state index in [4.69, 9.17) is 4.74 Å². The zero-order valence-electron chi connectivity index (χ0n) is 15.5. The Morgan fingerprint density at radius 3 is 2.75 bits per heavy atom. The Kier molecular flexibility index (Phi) is 3.79. The number of hydrogen-bond donors (Lipinski definition) is 1. The van der Waals surface area contributed by atoms with E-state index in [0.717, 1.165) is 33.5 Å². The Bertz CT molecular complexity index is 1290. The number of hydrogen-bond acceptors (Lipinski definition) is 5. The van der Waals surface area contributed by atoms with Gasteiger partial charge in [0.25, 0.3) is 0 Å². The number of benzene rings is 2. The van der Waals surface area contributed by atoms with Crippen LogP contribution in [0.1, 0.15) is 16.7 Å². The molecule has 3 aromatic heterocycles. The number of aromatic amines is 1. The molecule has 2 aromatic carbocycles. The van der Waals surface area contributed by atoms with Crippen LogP contribution in [0.2, 0.25) is 0 Å². The van der Waals surface area contributed by atoms with Crippen LogP contribution in [0.4, 0.5) is 0 Å². The van der Waals surface area contributed by atoms with Crippen molar-refractivity contribution in [3.05, 3.63) is 71.7 Å². The third kappa shape index (κ3) is 2.87. The predicted molar refractivity (Wildman–Crippen MR) is 106 cm³/mol. The molecule has 28 heavy (non-hydrogen) atoms. The van der Waals surface area contributed by atoms with Gasteiger partial charge in [-0.05, 0) is 31.0 Å². The van der Waals surface area contributed by atoms with Crippen molar-refractivity contribution >= 4 is 16.7 Å². The van der Waals surface area contributed by atoms with E-state index >= 15 is 0 Å². The lowest BCUT2D eigenvalue weighted by Crippen LogP contribution is -1.97. The summed E-state index contributed by atoms with van der Waals surface area (Å²) in [5.74, 6) is 1.56. The van der Waals surface area contributed by atoms with Gasteiger partial charge in [0.2, 0.25) is 0 Å². The van der Waals surface area contributed by atoms with E-state index in [9.17, 15) is 0 Å². The van der Waals surface area contributed by atoms with Gasteiger partial charge in [0.1, 0.15) is 18.7 Å². The largest absolute Gasteiger partial charge is 0.489 e. The van der Waals surface area contributed by atoms with Gasteiger partial charge in [-0.15, -0.1) is 5.10 Å². The lowest BCUT2D eigenvalue weighted by Gasteiger charge is -2.10. The molecule has 0 aliphatic carbocycles. The molecule has 138 valence electrons. The van der Waals surface area contributed by atoms with Gasteiger partial charge in [-0.2, -0.15) is 5.10 Å². The summed E-state index contributed by atoms with van der Waals surface area (Å²) < 4.78 is 7.63. The zero-order chi connectivity index (χ0) is 19.1. The highest BCUT2D eigenvalue weighted by Gasteiger charge is 2.11. The van der Waals surface area contributed by atoms with Crippen molar-refractivity contribution in [3.8, 4) is 17.1 Å². The van der Waals surface area contributed by atoms with Crippen LogP contribution in [0.3, 0.4) is 0 Å². The van der Waals surface area contributed by atoms with Gasteiger partial charge in [0.05, 0.1) is 11.6 Å². The van der Waals surface area contributed by atoms with Crippen LogP contribution in [0.5, 0.6) is 5.75 Å². The number of H-pyrrole nitrogens is 1. The number of nitrogens with one attached hydrogen (secondary N) is 1. The first-order chi connectivity index (χ1) is 13.7. The molecular weight excluding hydrogens is 352 g/mol. The molecule has 0 amide bonds. The topological polar surface area (TPSA) is 81.0 Å². The second kappa shape index (κ2) is 6.45. The van der Waals surface area contributed by atoms with Crippen molar-refractivity contribution in [2.75, 3.05) is 0 Å². The highest BCUT2D eigenvalue weighted by Crippen LogP contribution is 2.22. The summed E-state index contributed by atoms with van der Waals surface area (Å²) in [5, 5.41) is 12.2. The van der Waals surface area contributed by atoms with Crippen molar-refractivity contribution in [3.63, 3.8) is 0 Å². The van der Waals surface area contributed by atoms with E-state index in [1.165, 1.54) is 5.56 Å². The fourth-order valence-electron chi connectivity index (χ4n) is 3.24. The van der Waals surface area contributed by atoms with E-state index in [0.29, 0.717) is 18.1 Å². The Morgan fingerprint density at radius 1 is 1.07 bits per heavy atom. The van der Waals surface area contributed by atoms with E-state index in [1.54, 1.807) is 17.0 Å². The molecule has 0 fully saturated rings. The molecule has 7 heteroatoms. The minimum atomic E-state index is 0.516. The van der Waals surface area contributed by atoms with Crippen molar-refractivity contribution in [1.29, 1.82) is 0 Å². The Balaban J connectivity index is 1.38. The Morgan fingerprint density at radius 2 is 1.93 bits per heavy atom. The summed E-state index contributed by atoms with van der Waals surface area (Å²) in [6.45, 7) is 4.66. The maximum absolute atomic E-state index is 5.96. The average molecular weight is 370 g/mol. The van der Waals surface area contributed by atoms with Crippen LogP contribution in [0.25, 0.3) is 28.1 Å².